The molecule has 0 rings (SSSR count). The van der Waals surface area contributed by atoms with Crippen LogP contribution in [0, 0.1) is 5.92 Å². The average Bonchev–Trinajstić information content (AvgIpc) is 2.71. The van der Waals surface area contributed by atoms with Crippen molar-refractivity contribution in [3.8, 4) is 0 Å². The van der Waals surface area contributed by atoms with Crippen LogP contribution in [0.5, 0.6) is 0 Å². The van der Waals surface area contributed by atoms with Crippen molar-refractivity contribution in [2.45, 2.75) is 98.7 Å². The van der Waals surface area contributed by atoms with Crippen molar-refractivity contribution in [1.29, 1.82) is 0 Å². The van der Waals surface area contributed by atoms with E-state index in [1.165, 1.54) is 7.11 Å². The standard InChI is InChI=1S/C26H45N3O7/c1-18(13-10-11-15-28-23(32)35-25(3,4)5)21(30)17-20(22(31)34-9)14-12-16-27-19(2)29-24(33)36-26(6,7)8/h14,18H,10-13,15-17H2,1-9H3,(H,28,32)(H,27,29,33)/b20-14+/t18-/m0/s1. The molecule has 0 spiro atoms. The first-order chi connectivity index (χ1) is 16.5. The molecule has 10 nitrogen and oxygen atoms in total. The minimum atomic E-state index is -0.608. The number of amides is 2. The van der Waals surface area contributed by atoms with E-state index in [9.17, 15) is 19.2 Å². The van der Waals surface area contributed by atoms with Crippen LogP contribution in [0.2, 0.25) is 0 Å². The number of Topliss-reactive ketones (excluding diaryl/α,β-unsaturated/α-hetero) is 1. The fourth-order valence-electron chi connectivity index (χ4n) is 2.92. The van der Waals surface area contributed by atoms with E-state index in [0.29, 0.717) is 38.2 Å². The number of rotatable bonds is 12. The zero-order chi connectivity index (χ0) is 27.9. The number of nitrogens with zero attached hydrogens (tertiary/aromatic N) is 1. The fourth-order valence-corrected chi connectivity index (χ4v) is 2.92. The summed E-state index contributed by atoms with van der Waals surface area (Å²) in [6, 6.07) is 0. The summed E-state index contributed by atoms with van der Waals surface area (Å²) in [5, 5.41) is 5.24. The molecule has 2 amide bonds. The molecule has 206 valence electrons. The van der Waals surface area contributed by atoms with E-state index in [2.05, 4.69) is 15.6 Å². The number of unbranched alkanes of at least 4 members (excludes halogenated alkanes) is 1. The van der Waals surface area contributed by atoms with E-state index in [0.717, 1.165) is 6.42 Å². The van der Waals surface area contributed by atoms with Crippen LogP contribution in [0.3, 0.4) is 0 Å². The molecule has 36 heavy (non-hydrogen) atoms. The number of ether oxygens (including phenoxy) is 3. The first kappa shape index (κ1) is 33.1. The van der Waals surface area contributed by atoms with E-state index in [1.54, 1.807) is 54.5 Å². The van der Waals surface area contributed by atoms with Crippen molar-refractivity contribution < 1.29 is 33.4 Å². The van der Waals surface area contributed by atoms with Gasteiger partial charge in [-0.2, -0.15) is 0 Å². The molecule has 0 saturated carbocycles. The molecule has 0 aliphatic heterocycles. The van der Waals surface area contributed by atoms with Crippen molar-refractivity contribution in [2.75, 3.05) is 20.2 Å². The minimum Gasteiger partial charge on any atom is -0.466 e. The van der Waals surface area contributed by atoms with Gasteiger partial charge in [0.2, 0.25) is 0 Å². The summed E-state index contributed by atoms with van der Waals surface area (Å²) in [7, 11) is 1.27. The summed E-state index contributed by atoms with van der Waals surface area (Å²) in [4.78, 5) is 52.4. The lowest BCUT2D eigenvalue weighted by molar-refractivity contribution is -0.137. The molecule has 0 fully saturated rings. The van der Waals surface area contributed by atoms with Gasteiger partial charge in [-0.05, 0) is 67.7 Å². The second kappa shape index (κ2) is 16.0. The number of ketones is 1. The van der Waals surface area contributed by atoms with E-state index in [-0.39, 0.29) is 23.7 Å². The Morgan fingerprint density at radius 1 is 0.944 bits per heavy atom. The minimum absolute atomic E-state index is 0.0249. The number of carbonyl (C=O) groups is 4. The molecular formula is C26H45N3O7. The Labute approximate surface area is 215 Å². The quantitative estimate of drug-likeness (QED) is 0.0968. The Morgan fingerprint density at radius 3 is 2.08 bits per heavy atom. The smallest absolute Gasteiger partial charge is 0.413 e. The number of alkyl carbamates (subject to hydrolysis) is 2. The van der Waals surface area contributed by atoms with Gasteiger partial charge in [0.25, 0.3) is 0 Å². The maximum absolute atomic E-state index is 12.7. The number of methoxy groups -OCH3 is 1. The molecule has 0 bridgehead atoms. The third-order valence-electron chi connectivity index (χ3n) is 4.64. The highest BCUT2D eigenvalue weighted by molar-refractivity contribution is 5.96. The van der Waals surface area contributed by atoms with Crippen LogP contribution < -0.4 is 10.6 Å². The zero-order valence-electron chi connectivity index (χ0n) is 23.4. The number of hydrogen-bond acceptors (Lipinski definition) is 8. The predicted octanol–water partition coefficient (Wildman–Crippen LogP) is 4.71. The Morgan fingerprint density at radius 2 is 1.53 bits per heavy atom. The lowest BCUT2D eigenvalue weighted by Gasteiger charge is -2.19. The molecule has 0 aliphatic carbocycles. The third-order valence-corrected chi connectivity index (χ3v) is 4.64. The Balaban J connectivity index is 4.60. The maximum Gasteiger partial charge on any atom is 0.413 e. The van der Waals surface area contributed by atoms with Crippen molar-refractivity contribution in [3.63, 3.8) is 0 Å². The summed E-state index contributed by atoms with van der Waals surface area (Å²) < 4.78 is 15.2. The van der Waals surface area contributed by atoms with Crippen LogP contribution in [-0.2, 0) is 23.8 Å². The molecule has 1 atom stereocenters. The van der Waals surface area contributed by atoms with E-state index < -0.39 is 29.4 Å². The number of aliphatic imine (C=N–C) groups is 1. The second-order valence-corrected chi connectivity index (χ2v) is 10.6. The van der Waals surface area contributed by atoms with Gasteiger partial charge in [0.1, 0.15) is 22.8 Å². The van der Waals surface area contributed by atoms with Gasteiger partial charge in [-0.25, -0.2) is 14.4 Å². The van der Waals surface area contributed by atoms with Gasteiger partial charge in [0.05, 0.1) is 7.11 Å². The number of hydrogen-bond donors (Lipinski definition) is 2. The van der Waals surface area contributed by atoms with E-state index in [4.69, 9.17) is 14.2 Å². The Bertz CT molecular complexity index is 805. The molecule has 0 saturated heterocycles. The summed E-state index contributed by atoms with van der Waals surface area (Å²) in [5.41, 5.74) is -0.866. The summed E-state index contributed by atoms with van der Waals surface area (Å²) in [5.74, 6) is -0.455. The highest BCUT2D eigenvalue weighted by Gasteiger charge is 2.20. The first-order valence-corrected chi connectivity index (χ1v) is 12.3. The van der Waals surface area contributed by atoms with Crippen molar-refractivity contribution >= 4 is 29.8 Å². The van der Waals surface area contributed by atoms with Crippen LogP contribution in [0.15, 0.2) is 16.6 Å². The van der Waals surface area contributed by atoms with Crippen molar-refractivity contribution in [1.82, 2.24) is 10.6 Å². The predicted molar refractivity (Wildman–Crippen MR) is 139 cm³/mol. The number of carbonyl (C=O) groups excluding carboxylic acids is 4. The second-order valence-electron chi connectivity index (χ2n) is 10.6. The SMILES string of the molecule is COC(=O)/C(=C/CCN=C(C)NC(=O)OC(C)(C)C)CC(=O)[C@@H](C)CCCCNC(=O)OC(C)(C)C. The summed E-state index contributed by atoms with van der Waals surface area (Å²) >= 11 is 0. The van der Waals surface area contributed by atoms with Crippen LogP contribution >= 0.6 is 0 Å². The largest absolute Gasteiger partial charge is 0.466 e. The zero-order valence-corrected chi connectivity index (χ0v) is 23.4. The van der Waals surface area contributed by atoms with Crippen LogP contribution in [-0.4, -0.2) is 61.2 Å². The molecule has 0 aromatic rings. The van der Waals surface area contributed by atoms with Crippen LogP contribution in [0.25, 0.3) is 0 Å². The highest BCUT2D eigenvalue weighted by atomic mass is 16.6. The van der Waals surface area contributed by atoms with Gasteiger partial charge in [0, 0.05) is 31.0 Å². The monoisotopic (exact) mass is 511 g/mol. The fraction of sp³-hybridized carbons (Fsp3) is 0.731. The molecule has 0 aliphatic rings. The van der Waals surface area contributed by atoms with Gasteiger partial charge in [-0.1, -0.05) is 19.4 Å². The normalized spacial score (nSPS) is 13.5. The van der Waals surface area contributed by atoms with E-state index >= 15 is 0 Å². The number of nitrogens with one attached hydrogen (secondary N) is 2. The molecule has 0 aromatic heterocycles. The molecule has 2 N–H and O–H groups in total. The summed E-state index contributed by atoms with van der Waals surface area (Å²) in [6.45, 7) is 15.0. The van der Waals surface area contributed by atoms with Gasteiger partial charge >= 0.3 is 18.2 Å². The van der Waals surface area contributed by atoms with Crippen LogP contribution in [0.4, 0.5) is 9.59 Å². The number of amidine groups is 1. The molecule has 0 heterocycles. The Hall–Kier alpha value is -2.91. The van der Waals surface area contributed by atoms with Gasteiger partial charge in [-0.3, -0.25) is 15.1 Å². The lowest BCUT2D eigenvalue weighted by atomic mass is 9.94. The highest BCUT2D eigenvalue weighted by Crippen LogP contribution is 2.16. The van der Waals surface area contributed by atoms with Gasteiger partial charge < -0.3 is 19.5 Å². The van der Waals surface area contributed by atoms with Crippen LogP contribution in [0.1, 0.15) is 87.5 Å². The van der Waals surface area contributed by atoms with E-state index in [1.807, 2.05) is 6.92 Å². The summed E-state index contributed by atoms with van der Waals surface area (Å²) in [6.07, 6.45) is 3.08. The van der Waals surface area contributed by atoms with Gasteiger partial charge in [-0.15, -0.1) is 0 Å². The maximum atomic E-state index is 12.7. The molecule has 10 heteroatoms. The molecule has 0 aromatic carbocycles. The average molecular weight is 512 g/mol. The molecule has 0 radical (unpaired) electrons. The Kier molecular flexibility index (Phi) is 14.7. The van der Waals surface area contributed by atoms with Crippen molar-refractivity contribution in [2.24, 2.45) is 10.9 Å². The molecular weight excluding hydrogens is 466 g/mol. The van der Waals surface area contributed by atoms with Crippen molar-refractivity contribution in [3.05, 3.63) is 11.6 Å². The molecule has 0 unspecified atom stereocenters. The number of esters is 1. The third kappa shape index (κ3) is 17.5. The topological polar surface area (TPSA) is 132 Å². The van der Waals surface area contributed by atoms with Gasteiger partial charge in [0.15, 0.2) is 0 Å². The lowest BCUT2D eigenvalue weighted by Crippen LogP contribution is -2.35. The first-order valence-electron chi connectivity index (χ1n) is 12.3.